The molecule has 0 radical (unpaired) electrons. The maximum atomic E-state index is 13.6. The fourth-order valence-corrected chi connectivity index (χ4v) is 5.08. The second kappa shape index (κ2) is 8.56. The SMILES string of the molecule is Cc1ccc(-n2c(=O)c3ccccc3n3c(SCc4ncc(-c5ccccc5)o4)nnc23)c(C)c1. The van der Waals surface area contributed by atoms with Gasteiger partial charge in [-0.1, -0.05) is 71.9 Å². The van der Waals surface area contributed by atoms with E-state index in [1.54, 1.807) is 10.8 Å². The zero-order chi connectivity index (χ0) is 23.9. The average Bonchev–Trinajstić information content (AvgIpc) is 3.52. The Hall–Kier alpha value is -4.17. The van der Waals surface area contributed by atoms with Crippen molar-refractivity contribution in [3.8, 4) is 17.0 Å². The van der Waals surface area contributed by atoms with E-state index < -0.39 is 0 Å². The van der Waals surface area contributed by atoms with Crippen LogP contribution in [0, 0.1) is 13.8 Å². The number of fused-ring (bicyclic) bond motifs is 3. The Morgan fingerprint density at radius 3 is 2.57 bits per heavy atom. The molecule has 0 atom stereocenters. The first-order chi connectivity index (χ1) is 17.1. The molecule has 6 aromatic rings. The van der Waals surface area contributed by atoms with Gasteiger partial charge in [0.2, 0.25) is 11.7 Å². The fourth-order valence-electron chi connectivity index (χ4n) is 4.28. The van der Waals surface area contributed by atoms with Gasteiger partial charge in [-0.2, -0.15) is 0 Å². The zero-order valence-electron chi connectivity index (χ0n) is 19.2. The van der Waals surface area contributed by atoms with Crippen LogP contribution in [0.25, 0.3) is 33.7 Å². The molecule has 3 heterocycles. The first-order valence-corrected chi connectivity index (χ1v) is 12.2. The molecule has 0 unspecified atom stereocenters. The normalized spacial score (nSPS) is 11.5. The van der Waals surface area contributed by atoms with Crippen LogP contribution in [-0.4, -0.2) is 24.1 Å². The van der Waals surface area contributed by atoms with E-state index in [1.165, 1.54) is 11.8 Å². The summed E-state index contributed by atoms with van der Waals surface area (Å²) in [5, 5.41) is 10.1. The van der Waals surface area contributed by atoms with Gasteiger partial charge in [0.05, 0.1) is 28.5 Å². The summed E-state index contributed by atoms with van der Waals surface area (Å²) in [4.78, 5) is 18.0. The van der Waals surface area contributed by atoms with Crippen molar-refractivity contribution in [2.75, 3.05) is 0 Å². The van der Waals surface area contributed by atoms with Crippen molar-refractivity contribution in [1.82, 2.24) is 24.1 Å². The number of rotatable bonds is 5. The smallest absolute Gasteiger partial charge is 0.267 e. The standard InChI is InChI=1S/C27H21N5O2S/c1-17-12-13-21(18(2)14-17)31-25(33)20-10-6-7-11-22(20)32-26(31)29-30-27(32)35-16-24-28-15-23(34-24)19-8-4-3-5-9-19/h3-15H,16H2,1-2H3. The Kier molecular flexibility index (Phi) is 5.22. The molecular formula is C27H21N5O2S. The number of para-hydroxylation sites is 1. The number of aryl methyl sites for hydroxylation is 2. The lowest BCUT2D eigenvalue weighted by Gasteiger charge is -2.13. The highest BCUT2D eigenvalue weighted by molar-refractivity contribution is 7.98. The number of hydrogen-bond acceptors (Lipinski definition) is 6. The van der Waals surface area contributed by atoms with Gasteiger partial charge in [-0.15, -0.1) is 10.2 Å². The van der Waals surface area contributed by atoms with Crippen molar-refractivity contribution in [3.63, 3.8) is 0 Å². The molecule has 7 nitrogen and oxygen atoms in total. The predicted molar refractivity (Wildman–Crippen MR) is 137 cm³/mol. The lowest BCUT2D eigenvalue weighted by atomic mass is 10.1. The van der Waals surface area contributed by atoms with Crippen LogP contribution in [0.3, 0.4) is 0 Å². The summed E-state index contributed by atoms with van der Waals surface area (Å²) in [5.74, 6) is 2.27. The Bertz CT molecular complexity index is 1750. The van der Waals surface area contributed by atoms with Gasteiger partial charge in [0.1, 0.15) is 0 Å². The number of oxazole rings is 1. The molecule has 0 aliphatic heterocycles. The molecule has 0 saturated heterocycles. The third-order valence-corrected chi connectivity index (χ3v) is 6.84. The Morgan fingerprint density at radius 2 is 1.74 bits per heavy atom. The number of aromatic nitrogens is 5. The molecule has 8 heteroatoms. The topological polar surface area (TPSA) is 78.2 Å². The molecule has 6 rings (SSSR count). The number of nitrogens with zero attached hydrogens (tertiary/aromatic N) is 5. The summed E-state index contributed by atoms with van der Waals surface area (Å²) in [6.45, 7) is 4.03. The molecule has 0 fully saturated rings. The Morgan fingerprint density at radius 1 is 0.943 bits per heavy atom. The summed E-state index contributed by atoms with van der Waals surface area (Å²) >= 11 is 1.47. The molecular weight excluding hydrogens is 458 g/mol. The highest BCUT2D eigenvalue weighted by Gasteiger charge is 2.19. The molecule has 35 heavy (non-hydrogen) atoms. The van der Waals surface area contributed by atoms with E-state index in [-0.39, 0.29) is 5.56 Å². The lowest BCUT2D eigenvalue weighted by Crippen LogP contribution is -2.22. The summed E-state index contributed by atoms with van der Waals surface area (Å²) in [6, 6.07) is 23.4. The van der Waals surface area contributed by atoms with E-state index in [9.17, 15) is 4.79 Å². The third-order valence-electron chi connectivity index (χ3n) is 5.92. The van der Waals surface area contributed by atoms with Crippen molar-refractivity contribution in [2.24, 2.45) is 0 Å². The summed E-state index contributed by atoms with van der Waals surface area (Å²) in [5.41, 5.74) is 4.54. The molecule has 0 bridgehead atoms. The van der Waals surface area contributed by atoms with Crippen LogP contribution in [0.1, 0.15) is 17.0 Å². The molecule has 3 aromatic heterocycles. The lowest BCUT2D eigenvalue weighted by molar-refractivity contribution is 0.530. The van der Waals surface area contributed by atoms with Gasteiger partial charge in [-0.05, 0) is 37.6 Å². The molecule has 0 amide bonds. The van der Waals surface area contributed by atoms with Gasteiger partial charge >= 0.3 is 0 Å². The van der Waals surface area contributed by atoms with Gasteiger partial charge in [0.25, 0.3) is 5.56 Å². The monoisotopic (exact) mass is 479 g/mol. The fraction of sp³-hybridized carbons (Fsp3) is 0.111. The van der Waals surface area contributed by atoms with E-state index in [2.05, 4.69) is 21.2 Å². The van der Waals surface area contributed by atoms with Crippen LogP contribution < -0.4 is 5.56 Å². The van der Waals surface area contributed by atoms with Crippen molar-refractivity contribution in [1.29, 1.82) is 0 Å². The molecule has 0 spiro atoms. The highest BCUT2D eigenvalue weighted by atomic mass is 32.2. The van der Waals surface area contributed by atoms with Gasteiger partial charge in [-0.3, -0.25) is 9.20 Å². The van der Waals surface area contributed by atoms with Crippen LogP contribution in [0.4, 0.5) is 0 Å². The van der Waals surface area contributed by atoms with Gasteiger partial charge < -0.3 is 4.42 Å². The largest absolute Gasteiger partial charge is 0.440 e. The van der Waals surface area contributed by atoms with Crippen molar-refractivity contribution < 1.29 is 4.42 Å². The highest BCUT2D eigenvalue weighted by Crippen LogP contribution is 2.28. The maximum Gasteiger partial charge on any atom is 0.267 e. The van der Waals surface area contributed by atoms with Crippen molar-refractivity contribution >= 4 is 28.4 Å². The summed E-state index contributed by atoms with van der Waals surface area (Å²) in [6.07, 6.45) is 1.74. The van der Waals surface area contributed by atoms with E-state index in [1.807, 2.05) is 85.0 Å². The molecule has 0 N–H and O–H groups in total. The minimum absolute atomic E-state index is 0.121. The van der Waals surface area contributed by atoms with Crippen LogP contribution >= 0.6 is 11.8 Å². The minimum atomic E-state index is -0.121. The van der Waals surface area contributed by atoms with E-state index in [4.69, 9.17) is 4.42 Å². The maximum absolute atomic E-state index is 13.6. The number of thioether (sulfide) groups is 1. The van der Waals surface area contributed by atoms with E-state index in [0.29, 0.717) is 28.0 Å². The van der Waals surface area contributed by atoms with Gasteiger partial charge in [-0.25, -0.2) is 9.55 Å². The first-order valence-electron chi connectivity index (χ1n) is 11.2. The van der Waals surface area contributed by atoms with E-state index >= 15 is 0 Å². The second-order valence-electron chi connectivity index (χ2n) is 8.34. The van der Waals surface area contributed by atoms with Gasteiger partial charge in [0, 0.05) is 5.56 Å². The molecule has 0 aliphatic rings. The molecule has 172 valence electrons. The average molecular weight is 480 g/mol. The van der Waals surface area contributed by atoms with Crippen LogP contribution in [-0.2, 0) is 5.75 Å². The van der Waals surface area contributed by atoms with Crippen molar-refractivity contribution in [2.45, 2.75) is 24.8 Å². The zero-order valence-corrected chi connectivity index (χ0v) is 20.0. The van der Waals surface area contributed by atoms with Gasteiger partial charge in [0.15, 0.2) is 10.9 Å². The predicted octanol–water partition coefficient (Wildman–Crippen LogP) is 5.60. The first kappa shape index (κ1) is 21.4. The second-order valence-corrected chi connectivity index (χ2v) is 9.28. The third kappa shape index (κ3) is 3.72. The Labute approximate surface area is 205 Å². The summed E-state index contributed by atoms with van der Waals surface area (Å²) < 4.78 is 9.54. The Balaban J connectivity index is 1.45. The van der Waals surface area contributed by atoms with E-state index in [0.717, 1.165) is 33.7 Å². The van der Waals surface area contributed by atoms with Crippen molar-refractivity contribution in [3.05, 3.63) is 106 Å². The molecule has 0 aliphatic carbocycles. The quantitative estimate of drug-likeness (QED) is 0.300. The number of hydrogen-bond donors (Lipinski definition) is 0. The summed E-state index contributed by atoms with van der Waals surface area (Å²) in [7, 11) is 0. The number of benzene rings is 3. The van der Waals surface area contributed by atoms with Crippen LogP contribution in [0.2, 0.25) is 0 Å². The van der Waals surface area contributed by atoms with Crippen LogP contribution in [0.15, 0.2) is 93.4 Å². The molecule has 3 aromatic carbocycles. The van der Waals surface area contributed by atoms with Crippen LogP contribution in [0.5, 0.6) is 0 Å². The molecule has 0 saturated carbocycles. The minimum Gasteiger partial charge on any atom is -0.440 e.